The molecule has 0 bridgehead atoms. The Hall–Kier alpha value is -3.07. The second kappa shape index (κ2) is 7.67. The zero-order chi connectivity index (χ0) is 19.4. The molecule has 27 heavy (non-hydrogen) atoms. The second-order valence-corrected chi connectivity index (χ2v) is 6.85. The van der Waals surface area contributed by atoms with Gasteiger partial charge in [-0.2, -0.15) is 4.68 Å². The Morgan fingerprint density at radius 1 is 1.22 bits per heavy atom. The number of carboxylic acids is 1. The van der Waals surface area contributed by atoms with Crippen LogP contribution in [0.2, 0.25) is 0 Å². The van der Waals surface area contributed by atoms with Crippen LogP contribution in [0.15, 0.2) is 65.4 Å². The zero-order valence-electron chi connectivity index (χ0n) is 14.2. The molecular weight excluding hydrogens is 371 g/mol. The number of thioether (sulfide) groups is 1. The van der Waals surface area contributed by atoms with Crippen molar-refractivity contribution in [3.63, 3.8) is 0 Å². The molecule has 9 heteroatoms. The SMILES string of the molecule is CC1(F)C=C(C(=O)O)C=CC(n2nnnc2SCC(=O)c2ccccc2)=C1. The fourth-order valence-corrected chi connectivity index (χ4v) is 3.22. The molecule has 0 radical (unpaired) electrons. The Labute approximate surface area is 158 Å². The van der Waals surface area contributed by atoms with Crippen molar-refractivity contribution in [2.75, 3.05) is 5.75 Å². The third-order valence-corrected chi connectivity index (χ3v) is 4.58. The first-order chi connectivity index (χ1) is 12.9. The maximum absolute atomic E-state index is 14.7. The van der Waals surface area contributed by atoms with Gasteiger partial charge < -0.3 is 5.11 Å². The van der Waals surface area contributed by atoms with Gasteiger partial charge in [-0.1, -0.05) is 42.1 Å². The lowest BCUT2D eigenvalue weighted by molar-refractivity contribution is -0.132. The number of rotatable bonds is 6. The number of carbonyl (C=O) groups excluding carboxylic acids is 1. The van der Waals surface area contributed by atoms with E-state index in [2.05, 4.69) is 15.5 Å². The molecule has 0 amide bonds. The van der Waals surface area contributed by atoms with Gasteiger partial charge in [-0.05, 0) is 41.7 Å². The normalized spacial score (nSPS) is 19.2. The second-order valence-electron chi connectivity index (χ2n) is 5.91. The number of tetrazole rings is 1. The van der Waals surface area contributed by atoms with Gasteiger partial charge in [0.05, 0.1) is 17.0 Å². The van der Waals surface area contributed by atoms with Gasteiger partial charge in [-0.15, -0.1) is 5.10 Å². The maximum Gasteiger partial charge on any atom is 0.335 e. The average Bonchev–Trinajstić information content (AvgIpc) is 3.04. The molecule has 1 unspecified atom stereocenters. The van der Waals surface area contributed by atoms with Crippen LogP contribution in [-0.4, -0.2) is 48.5 Å². The lowest BCUT2D eigenvalue weighted by atomic mass is 10.1. The molecule has 0 spiro atoms. The van der Waals surface area contributed by atoms with E-state index in [0.29, 0.717) is 10.7 Å². The molecule has 1 heterocycles. The highest BCUT2D eigenvalue weighted by Crippen LogP contribution is 2.27. The average molecular weight is 386 g/mol. The number of aromatic nitrogens is 4. The minimum absolute atomic E-state index is 0.0919. The van der Waals surface area contributed by atoms with Crippen molar-refractivity contribution >= 4 is 29.2 Å². The number of allylic oxidation sites excluding steroid dienone is 4. The van der Waals surface area contributed by atoms with Crippen LogP contribution in [0.25, 0.3) is 5.70 Å². The maximum atomic E-state index is 14.7. The molecule has 1 aliphatic carbocycles. The van der Waals surface area contributed by atoms with Gasteiger partial charge in [0.25, 0.3) is 0 Å². The number of aliphatic carboxylic acids is 1. The smallest absolute Gasteiger partial charge is 0.335 e. The standard InChI is InChI=1S/C18H15FN4O3S/c1-18(19)9-13(16(25)26)7-8-14(10-18)23-17(20-21-22-23)27-11-15(24)12-5-3-2-4-6-12/h2-10H,11H2,1H3,(H,25,26). The summed E-state index contributed by atoms with van der Waals surface area (Å²) in [5.41, 5.74) is -1.33. The number of carboxylic acid groups (broad SMARTS) is 1. The molecule has 2 aromatic rings. The lowest BCUT2D eigenvalue weighted by Crippen LogP contribution is -2.14. The monoisotopic (exact) mass is 386 g/mol. The van der Waals surface area contributed by atoms with Crippen molar-refractivity contribution in [3.05, 3.63) is 65.8 Å². The van der Waals surface area contributed by atoms with Gasteiger partial charge in [-0.25, -0.2) is 9.18 Å². The molecular formula is C18H15FN4O3S. The van der Waals surface area contributed by atoms with Crippen molar-refractivity contribution in [2.24, 2.45) is 0 Å². The number of hydrogen-bond donors (Lipinski definition) is 1. The Balaban J connectivity index is 1.81. The molecule has 1 atom stereocenters. The predicted molar refractivity (Wildman–Crippen MR) is 98.0 cm³/mol. The largest absolute Gasteiger partial charge is 0.478 e. The van der Waals surface area contributed by atoms with Crippen LogP contribution < -0.4 is 0 Å². The number of Topliss-reactive ketones (excluding diaryl/α,β-unsaturated/α-hetero) is 1. The first-order valence-electron chi connectivity index (χ1n) is 7.91. The van der Waals surface area contributed by atoms with Gasteiger partial charge in [0.2, 0.25) is 5.16 Å². The van der Waals surface area contributed by atoms with Crippen LogP contribution in [0.1, 0.15) is 17.3 Å². The van der Waals surface area contributed by atoms with Crippen molar-refractivity contribution in [3.8, 4) is 0 Å². The van der Waals surface area contributed by atoms with Crippen LogP contribution in [-0.2, 0) is 4.79 Å². The first-order valence-corrected chi connectivity index (χ1v) is 8.90. The summed E-state index contributed by atoms with van der Waals surface area (Å²) in [4.78, 5) is 23.4. The summed E-state index contributed by atoms with van der Waals surface area (Å²) in [6, 6.07) is 8.81. The van der Waals surface area contributed by atoms with Crippen LogP contribution in [0.3, 0.4) is 0 Å². The fraction of sp³-hybridized carbons (Fsp3) is 0.167. The molecule has 0 fully saturated rings. The van der Waals surface area contributed by atoms with E-state index in [0.717, 1.165) is 17.8 Å². The number of hydrogen-bond acceptors (Lipinski definition) is 6. The molecule has 3 rings (SSSR count). The molecule has 1 aliphatic rings. The molecule has 138 valence electrons. The number of carbonyl (C=O) groups is 2. The van der Waals surface area contributed by atoms with Gasteiger partial charge in [0, 0.05) is 5.56 Å². The van der Waals surface area contributed by atoms with E-state index in [4.69, 9.17) is 5.11 Å². The number of nitrogens with zero attached hydrogens (tertiary/aromatic N) is 4. The minimum atomic E-state index is -2.00. The lowest BCUT2D eigenvalue weighted by Gasteiger charge is -2.12. The van der Waals surface area contributed by atoms with Crippen molar-refractivity contribution < 1.29 is 19.1 Å². The number of alkyl halides is 1. The first kappa shape index (κ1) is 18.7. The Bertz CT molecular complexity index is 964. The van der Waals surface area contributed by atoms with Crippen molar-refractivity contribution in [1.82, 2.24) is 20.2 Å². The Morgan fingerprint density at radius 2 is 1.96 bits per heavy atom. The highest BCUT2D eigenvalue weighted by atomic mass is 32.2. The minimum Gasteiger partial charge on any atom is -0.478 e. The van der Waals surface area contributed by atoms with Gasteiger partial charge in [-0.3, -0.25) is 4.79 Å². The van der Waals surface area contributed by atoms with E-state index >= 15 is 0 Å². The fourth-order valence-electron chi connectivity index (χ4n) is 2.44. The number of benzene rings is 1. The Kier molecular flexibility index (Phi) is 5.31. The summed E-state index contributed by atoms with van der Waals surface area (Å²) in [6.45, 7) is 1.24. The third kappa shape index (κ3) is 4.56. The molecule has 1 N–H and O–H groups in total. The van der Waals surface area contributed by atoms with Gasteiger partial charge in [0.1, 0.15) is 5.67 Å². The van der Waals surface area contributed by atoms with Crippen molar-refractivity contribution in [2.45, 2.75) is 17.7 Å². The molecule has 0 saturated heterocycles. The van der Waals surface area contributed by atoms with Crippen molar-refractivity contribution in [1.29, 1.82) is 0 Å². The van der Waals surface area contributed by atoms with E-state index in [1.807, 2.05) is 6.07 Å². The molecule has 7 nitrogen and oxygen atoms in total. The summed E-state index contributed by atoms with van der Waals surface area (Å²) in [6.07, 6.45) is 4.93. The number of ketones is 1. The van der Waals surface area contributed by atoms with Crippen LogP contribution in [0.4, 0.5) is 4.39 Å². The predicted octanol–water partition coefficient (Wildman–Crippen LogP) is 2.80. The van der Waals surface area contributed by atoms with E-state index in [1.54, 1.807) is 24.3 Å². The summed E-state index contributed by atoms with van der Waals surface area (Å²) >= 11 is 1.11. The zero-order valence-corrected chi connectivity index (χ0v) is 15.1. The van der Waals surface area contributed by atoms with Crippen LogP contribution >= 0.6 is 11.8 Å². The molecule has 0 saturated carbocycles. The number of halogens is 1. The van der Waals surface area contributed by atoms with E-state index in [9.17, 15) is 14.0 Å². The molecule has 0 aliphatic heterocycles. The van der Waals surface area contributed by atoms with Gasteiger partial charge in [0.15, 0.2) is 5.78 Å². The van der Waals surface area contributed by atoms with E-state index < -0.39 is 11.6 Å². The van der Waals surface area contributed by atoms with Crippen LogP contribution in [0.5, 0.6) is 0 Å². The molecule has 1 aromatic carbocycles. The van der Waals surface area contributed by atoms with E-state index in [1.165, 1.54) is 29.8 Å². The highest BCUT2D eigenvalue weighted by molar-refractivity contribution is 7.99. The third-order valence-electron chi connectivity index (χ3n) is 3.66. The summed E-state index contributed by atoms with van der Waals surface area (Å²) < 4.78 is 15.9. The quantitative estimate of drug-likeness (QED) is 0.602. The van der Waals surface area contributed by atoms with Gasteiger partial charge >= 0.3 is 5.97 Å². The topological polar surface area (TPSA) is 98.0 Å². The summed E-state index contributed by atoms with van der Waals surface area (Å²) in [5, 5.41) is 20.7. The van der Waals surface area contributed by atoms with Crippen LogP contribution in [0, 0.1) is 0 Å². The highest BCUT2D eigenvalue weighted by Gasteiger charge is 2.25. The summed E-state index contributed by atoms with van der Waals surface area (Å²) in [7, 11) is 0. The Morgan fingerprint density at radius 3 is 2.67 bits per heavy atom. The summed E-state index contributed by atoms with van der Waals surface area (Å²) in [5.74, 6) is -1.22. The van der Waals surface area contributed by atoms with E-state index in [-0.39, 0.29) is 22.8 Å². The molecule has 1 aromatic heterocycles.